The molecule has 0 spiro atoms. The molecule has 1 unspecified atom stereocenters. The highest BCUT2D eigenvalue weighted by Crippen LogP contribution is 2.29. The van der Waals surface area contributed by atoms with Crippen molar-refractivity contribution >= 4 is 28.1 Å². The maximum absolute atomic E-state index is 11.2. The van der Waals surface area contributed by atoms with Gasteiger partial charge in [0.05, 0.1) is 6.04 Å². The SMILES string of the molecule is O=C1CCC(c2nnc(Nc3ccccc3)s2)N1. The van der Waals surface area contributed by atoms with Crippen LogP contribution in [-0.2, 0) is 4.79 Å². The molecule has 92 valence electrons. The number of para-hydroxylation sites is 1. The summed E-state index contributed by atoms with van der Waals surface area (Å²) in [7, 11) is 0. The molecule has 1 amide bonds. The molecule has 0 saturated carbocycles. The minimum absolute atomic E-state index is 0.0290. The third kappa shape index (κ3) is 2.33. The number of nitrogens with one attached hydrogen (secondary N) is 2. The van der Waals surface area contributed by atoms with Crippen molar-refractivity contribution < 1.29 is 4.79 Å². The lowest BCUT2D eigenvalue weighted by Crippen LogP contribution is -2.17. The molecule has 0 radical (unpaired) electrons. The van der Waals surface area contributed by atoms with Crippen LogP contribution < -0.4 is 10.6 Å². The second-order valence-corrected chi connectivity index (χ2v) is 5.10. The molecule has 2 heterocycles. The predicted octanol–water partition coefficient (Wildman–Crippen LogP) is 2.23. The van der Waals surface area contributed by atoms with Crippen molar-refractivity contribution in [2.45, 2.75) is 18.9 Å². The van der Waals surface area contributed by atoms with E-state index in [2.05, 4.69) is 20.8 Å². The normalized spacial score (nSPS) is 18.7. The van der Waals surface area contributed by atoms with Gasteiger partial charge in [-0.25, -0.2) is 0 Å². The zero-order chi connectivity index (χ0) is 12.4. The Labute approximate surface area is 108 Å². The number of amides is 1. The van der Waals surface area contributed by atoms with Crippen molar-refractivity contribution in [3.63, 3.8) is 0 Å². The zero-order valence-corrected chi connectivity index (χ0v) is 10.4. The molecule has 1 saturated heterocycles. The summed E-state index contributed by atoms with van der Waals surface area (Å²) in [5.41, 5.74) is 0.982. The van der Waals surface area contributed by atoms with Gasteiger partial charge in [0, 0.05) is 12.1 Å². The molecule has 6 heteroatoms. The van der Waals surface area contributed by atoms with Crippen LogP contribution in [0.25, 0.3) is 0 Å². The lowest BCUT2D eigenvalue weighted by Gasteiger charge is -2.03. The number of carbonyl (C=O) groups is 1. The Kier molecular flexibility index (Phi) is 2.93. The Morgan fingerprint density at radius 2 is 2.11 bits per heavy atom. The van der Waals surface area contributed by atoms with Crippen LogP contribution in [0.4, 0.5) is 10.8 Å². The van der Waals surface area contributed by atoms with Gasteiger partial charge in [-0.15, -0.1) is 10.2 Å². The van der Waals surface area contributed by atoms with Crippen LogP contribution in [0.5, 0.6) is 0 Å². The van der Waals surface area contributed by atoms with Crippen molar-refractivity contribution in [2.24, 2.45) is 0 Å². The lowest BCUT2D eigenvalue weighted by molar-refractivity contribution is -0.119. The molecule has 1 aliphatic heterocycles. The minimum atomic E-state index is 0.0290. The van der Waals surface area contributed by atoms with Crippen LogP contribution in [0.3, 0.4) is 0 Å². The number of hydrogen-bond donors (Lipinski definition) is 2. The molecule has 0 aliphatic carbocycles. The molecule has 2 N–H and O–H groups in total. The minimum Gasteiger partial charge on any atom is -0.347 e. The fourth-order valence-electron chi connectivity index (χ4n) is 1.87. The zero-order valence-electron chi connectivity index (χ0n) is 9.59. The van der Waals surface area contributed by atoms with Crippen LogP contribution in [0.2, 0.25) is 0 Å². The summed E-state index contributed by atoms with van der Waals surface area (Å²) in [6.45, 7) is 0. The van der Waals surface area contributed by atoms with E-state index in [1.54, 1.807) is 0 Å². The highest BCUT2D eigenvalue weighted by atomic mass is 32.1. The van der Waals surface area contributed by atoms with Gasteiger partial charge in [-0.1, -0.05) is 29.5 Å². The fraction of sp³-hybridized carbons (Fsp3) is 0.250. The van der Waals surface area contributed by atoms with Gasteiger partial charge in [-0.05, 0) is 18.6 Å². The molecule has 2 aromatic rings. The smallest absolute Gasteiger partial charge is 0.220 e. The van der Waals surface area contributed by atoms with E-state index < -0.39 is 0 Å². The average molecular weight is 260 g/mol. The third-order valence-corrected chi connectivity index (χ3v) is 3.71. The van der Waals surface area contributed by atoms with Gasteiger partial charge in [0.15, 0.2) is 0 Å². The van der Waals surface area contributed by atoms with Gasteiger partial charge < -0.3 is 10.6 Å². The van der Waals surface area contributed by atoms with Gasteiger partial charge in [0.2, 0.25) is 11.0 Å². The first-order chi connectivity index (χ1) is 8.81. The number of carbonyl (C=O) groups excluding carboxylic acids is 1. The van der Waals surface area contributed by atoms with E-state index >= 15 is 0 Å². The second kappa shape index (κ2) is 4.73. The van der Waals surface area contributed by atoms with Gasteiger partial charge >= 0.3 is 0 Å². The van der Waals surface area contributed by atoms with Crippen molar-refractivity contribution in [1.82, 2.24) is 15.5 Å². The monoisotopic (exact) mass is 260 g/mol. The Bertz CT molecular complexity index is 554. The van der Waals surface area contributed by atoms with Gasteiger partial charge in [0.1, 0.15) is 5.01 Å². The Balaban J connectivity index is 1.72. The Morgan fingerprint density at radius 1 is 1.28 bits per heavy atom. The first-order valence-corrected chi connectivity index (χ1v) is 6.58. The molecule has 18 heavy (non-hydrogen) atoms. The van der Waals surface area contributed by atoms with E-state index in [-0.39, 0.29) is 11.9 Å². The first kappa shape index (κ1) is 11.2. The summed E-state index contributed by atoms with van der Waals surface area (Å²) in [6, 6.07) is 9.85. The highest BCUT2D eigenvalue weighted by molar-refractivity contribution is 7.15. The quantitative estimate of drug-likeness (QED) is 0.888. The molecule has 3 rings (SSSR count). The first-order valence-electron chi connectivity index (χ1n) is 5.76. The van der Waals surface area contributed by atoms with E-state index in [0.29, 0.717) is 6.42 Å². The molecular formula is C12H12N4OS. The standard InChI is InChI=1S/C12H12N4OS/c17-10-7-6-9(14-10)11-15-16-12(18-11)13-8-4-2-1-3-5-8/h1-5,9H,6-7H2,(H,13,16)(H,14,17). The molecule has 0 bridgehead atoms. The number of hydrogen-bond acceptors (Lipinski definition) is 5. The molecule has 1 aromatic carbocycles. The molecular weight excluding hydrogens is 248 g/mol. The van der Waals surface area contributed by atoms with Crippen LogP contribution in [-0.4, -0.2) is 16.1 Å². The van der Waals surface area contributed by atoms with E-state index in [1.807, 2.05) is 30.3 Å². The summed E-state index contributed by atoms with van der Waals surface area (Å²) in [6.07, 6.45) is 1.38. The molecule has 1 aromatic heterocycles. The van der Waals surface area contributed by atoms with Crippen LogP contribution in [0.1, 0.15) is 23.9 Å². The van der Waals surface area contributed by atoms with Crippen molar-refractivity contribution in [3.05, 3.63) is 35.3 Å². The molecule has 1 aliphatic rings. The summed E-state index contributed by atoms with van der Waals surface area (Å²) >= 11 is 1.48. The maximum Gasteiger partial charge on any atom is 0.220 e. The Morgan fingerprint density at radius 3 is 2.83 bits per heavy atom. The summed E-state index contributed by atoms with van der Waals surface area (Å²) in [5.74, 6) is 0.0905. The largest absolute Gasteiger partial charge is 0.347 e. The van der Waals surface area contributed by atoms with Crippen molar-refractivity contribution in [3.8, 4) is 0 Å². The molecule has 1 atom stereocenters. The highest BCUT2D eigenvalue weighted by Gasteiger charge is 2.25. The lowest BCUT2D eigenvalue weighted by atomic mass is 10.2. The van der Waals surface area contributed by atoms with Crippen molar-refractivity contribution in [1.29, 1.82) is 0 Å². The van der Waals surface area contributed by atoms with Crippen molar-refractivity contribution in [2.75, 3.05) is 5.32 Å². The molecule has 1 fully saturated rings. The number of benzene rings is 1. The number of anilines is 2. The predicted molar refractivity (Wildman–Crippen MR) is 69.8 cm³/mol. The summed E-state index contributed by atoms with van der Waals surface area (Å²) < 4.78 is 0. The van der Waals surface area contributed by atoms with Gasteiger partial charge in [-0.2, -0.15) is 0 Å². The summed E-state index contributed by atoms with van der Waals surface area (Å²) in [4.78, 5) is 11.2. The maximum atomic E-state index is 11.2. The topological polar surface area (TPSA) is 66.9 Å². The number of rotatable bonds is 3. The Hall–Kier alpha value is -1.95. The van der Waals surface area contributed by atoms with E-state index in [0.717, 1.165) is 22.2 Å². The van der Waals surface area contributed by atoms with Crippen LogP contribution in [0, 0.1) is 0 Å². The average Bonchev–Trinajstić information content (AvgIpc) is 2.99. The van der Waals surface area contributed by atoms with E-state index in [1.165, 1.54) is 11.3 Å². The van der Waals surface area contributed by atoms with Crippen LogP contribution in [0.15, 0.2) is 30.3 Å². The van der Waals surface area contributed by atoms with Crippen LogP contribution >= 0.6 is 11.3 Å². The van der Waals surface area contributed by atoms with Gasteiger partial charge in [0.25, 0.3) is 0 Å². The molecule has 5 nitrogen and oxygen atoms in total. The fourth-order valence-corrected chi connectivity index (χ4v) is 2.72. The number of aromatic nitrogens is 2. The summed E-state index contributed by atoms with van der Waals surface area (Å²) in [5, 5.41) is 15.9. The van der Waals surface area contributed by atoms with E-state index in [9.17, 15) is 4.79 Å². The number of nitrogens with zero attached hydrogens (tertiary/aromatic N) is 2. The van der Waals surface area contributed by atoms with E-state index in [4.69, 9.17) is 0 Å². The van der Waals surface area contributed by atoms with Gasteiger partial charge in [-0.3, -0.25) is 4.79 Å². The third-order valence-electron chi connectivity index (χ3n) is 2.76. The second-order valence-electron chi connectivity index (χ2n) is 4.10.